The van der Waals surface area contributed by atoms with Crippen molar-refractivity contribution in [2.75, 3.05) is 13.1 Å². The van der Waals surface area contributed by atoms with Gasteiger partial charge in [0.05, 0.1) is 6.54 Å². The molecule has 1 saturated heterocycles. The number of hydrogen-bond donors (Lipinski definition) is 1. The molecule has 94 valence electrons. The number of carbonyl (C=O) groups excluding carboxylic acids is 2. The Morgan fingerprint density at radius 2 is 1.88 bits per heavy atom. The SMILES string of the molecule is O=C1CNC(=O)C2(CCCC2)N1CC1CCC1. The van der Waals surface area contributed by atoms with Crippen LogP contribution in [0.2, 0.25) is 0 Å². The zero-order chi connectivity index (χ0) is 11.9. The number of rotatable bonds is 2. The number of piperazine rings is 1. The van der Waals surface area contributed by atoms with E-state index in [1.165, 1.54) is 19.3 Å². The van der Waals surface area contributed by atoms with Crippen LogP contribution in [0.5, 0.6) is 0 Å². The highest BCUT2D eigenvalue weighted by atomic mass is 16.2. The lowest BCUT2D eigenvalue weighted by Gasteiger charge is -2.46. The van der Waals surface area contributed by atoms with Crippen LogP contribution in [0.3, 0.4) is 0 Å². The molecule has 0 aromatic carbocycles. The van der Waals surface area contributed by atoms with Crippen molar-refractivity contribution in [3.05, 3.63) is 0 Å². The average molecular weight is 236 g/mol. The number of nitrogens with zero attached hydrogens (tertiary/aromatic N) is 1. The standard InChI is InChI=1S/C13H20N2O2/c16-11-8-14-12(17)13(6-1-2-7-13)15(11)9-10-4-3-5-10/h10H,1-9H2,(H,14,17). The van der Waals surface area contributed by atoms with Gasteiger partial charge >= 0.3 is 0 Å². The van der Waals surface area contributed by atoms with Gasteiger partial charge in [0.15, 0.2) is 0 Å². The summed E-state index contributed by atoms with van der Waals surface area (Å²) in [4.78, 5) is 26.2. The minimum absolute atomic E-state index is 0.0916. The Kier molecular flexibility index (Phi) is 2.60. The Labute approximate surface area is 102 Å². The van der Waals surface area contributed by atoms with Gasteiger partial charge in [0, 0.05) is 6.54 Å². The van der Waals surface area contributed by atoms with Crippen molar-refractivity contribution in [1.29, 1.82) is 0 Å². The maximum Gasteiger partial charge on any atom is 0.246 e. The van der Waals surface area contributed by atoms with E-state index in [4.69, 9.17) is 0 Å². The third-order valence-corrected chi connectivity index (χ3v) is 4.74. The van der Waals surface area contributed by atoms with Gasteiger partial charge in [0.25, 0.3) is 0 Å². The van der Waals surface area contributed by atoms with Crippen molar-refractivity contribution in [2.24, 2.45) is 5.92 Å². The van der Waals surface area contributed by atoms with Crippen LogP contribution in [0.4, 0.5) is 0 Å². The van der Waals surface area contributed by atoms with E-state index in [1.807, 2.05) is 4.90 Å². The van der Waals surface area contributed by atoms with E-state index in [9.17, 15) is 9.59 Å². The van der Waals surface area contributed by atoms with Crippen molar-refractivity contribution in [1.82, 2.24) is 10.2 Å². The smallest absolute Gasteiger partial charge is 0.246 e. The summed E-state index contributed by atoms with van der Waals surface area (Å²) in [6.07, 6.45) is 7.59. The molecule has 4 heteroatoms. The summed E-state index contributed by atoms with van der Waals surface area (Å²) in [6, 6.07) is 0. The Balaban J connectivity index is 1.83. The number of hydrogen-bond acceptors (Lipinski definition) is 2. The minimum atomic E-state index is -0.481. The normalized spacial score (nSPS) is 28.4. The molecule has 2 amide bonds. The molecule has 0 bridgehead atoms. The average Bonchev–Trinajstić information content (AvgIpc) is 2.72. The first kappa shape index (κ1) is 11.1. The van der Waals surface area contributed by atoms with Gasteiger partial charge in [0.2, 0.25) is 11.8 Å². The minimum Gasteiger partial charge on any atom is -0.345 e. The molecule has 1 heterocycles. The predicted molar refractivity (Wildman–Crippen MR) is 63.3 cm³/mol. The Hall–Kier alpha value is -1.06. The Morgan fingerprint density at radius 1 is 1.18 bits per heavy atom. The van der Waals surface area contributed by atoms with Gasteiger partial charge in [-0.05, 0) is 31.6 Å². The van der Waals surface area contributed by atoms with Crippen LogP contribution in [0, 0.1) is 5.92 Å². The second-order valence-electron chi connectivity index (χ2n) is 5.72. The molecule has 1 spiro atoms. The third kappa shape index (κ3) is 1.65. The second kappa shape index (κ2) is 4.00. The summed E-state index contributed by atoms with van der Waals surface area (Å²) < 4.78 is 0. The molecule has 4 nitrogen and oxygen atoms in total. The summed E-state index contributed by atoms with van der Waals surface area (Å²) in [6.45, 7) is 1.01. The molecule has 2 aliphatic carbocycles. The highest BCUT2D eigenvalue weighted by molar-refractivity contribution is 5.98. The highest BCUT2D eigenvalue weighted by Crippen LogP contribution is 2.39. The predicted octanol–water partition coefficient (Wildman–Crippen LogP) is 1.06. The quantitative estimate of drug-likeness (QED) is 0.779. The second-order valence-corrected chi connectivity index (χ2v) is 5.72. The van der Waals surface area contributed by atoms with Crippen molar-refractivity contribution >= 4 is 11.8 Å². The van der Waals surface area contributed by atoms with E-state index in [0.717, 1.165) is 32.2 Å². The fourth-order valence-corrected chi connectivity index (χ4v) is 3.44. The lowest BCUT2D eigenvalue weighted by atomic mass is 9.82. The fourth-order valence-electron chi connectivity index (χ4n) is 3.44. The molecule has 1 N–H and O–H groups in total. The van der Waals surface area contributed by atoms with Gasteiger partial charge in [-0.25, -0.2) is 0 Å². The molecule has 3 rings (SSSR count). The molecule has 3 fully saturated rings. The zero-order valence-electron chi connectivity index (χ0n) is 10.2. The molecule has 17 heavy (non-hydrogen) atoms. The van der Waals surface area contributed by atoms with Crippen LogP contribution in [0.25, 0.3) is 0 Å². The lowest BCUT2D eigenvalue weighted by molar-refractivity contribution is -0.154. The van der Waals surface area contributed by atoms with Crippen molar-refractivity contribution in [3.63, 3.8) is 0 Å². The van der Waals surface area contributed by atoms with E-state index >= 15 is 0 Å². The number of carbonyl (C=O) groups is 2. The van der Waals surface area contributed by atoms with E-state index in [0.29, 0.717) is 5.92 Å². The van der Waals surface area contributed by atoms with Crippen LogP contribution in [0.1, 0.15) is 44.9 Å². The molecular weight excluding hydrogens is 216 g/mol. The molecule has 0 unspecified atom stereocenters. The van der Waals surface area contributed by atoms with Gasteiger partial charge in [-0.15, -0.1) is 0 Å². The zero-order valence-corrected chi connectivity index (χ0v) is 10.2. The van der Waals surface area contributed by atoms with Crippen molar-refractivity contribution in [2.45, 2.75) is 50.5 Å². The van der Waals surface area contributed by atoms with Gasteiger partial charge < -0.3 is 10.2 Å². The van der Waals surface area contributed by atoms with Crippen LogP contribution < -0.4 is 5.32 Å². The van der Waals surface area contributed by atoms with Crippen LogP contribution in [-0.4, -0.2) is 35.3 Å². The van der Waals surface area contributed by atoms with E-state index in [2.05, 4.69) is 5.32 Å². The summed E-state index contributed by atoms with van der Waals surface area (Å²) in [5, 5.41) is 2.77. The van der Waals surface area contributed by atoms with E-state index < -0.39 is 5.54 Å². The number of amides is 2. The first-order valence-electron chi connectivity index (χ1n) is 6.81. The van der Waals surface area contributed by atoms with Gasteiger partial charge in [-0.1, -0.05) is 19.3 Å². The first-order valence-corrected chi connectivity index (χ1v) is 6.81. The van der Waals surface area contributed by atoms with Crippen LogP contribution >= 0.6 is 0 Å². The maximum atomic E-state index is 12.2. The van der Waals surface area contributed by atoms with E-state index in [-0.39, 0.29) is 18.4 Å². The first-order chi connectivity index (χ1) is 8.22. The molecule has 0 radical (unpaired) electrons. The monoisotopic (exact) mass is 236 g/mol. The molecule has 2 saturated carbocycles. The highest BCUT2D eigenvalue weighted by Gasteiger charge is 2.51. The molecule has 0 atom stereocenters. The molecular formula is C13H20N2O2. The van der Waals surface area contributed by atoms with Crippen LogP contribution in [-0.2, 0) is 9.59 Å². The lowest BCUT2D eigenvalue weighted by Crippen LogP contribution is -2.67. The third-order valence-electron chi connectivity index (χ3n) is 4.74. The van der Waals surface area contributed by atoms with Crippen molar-refractivity contribution < 1.29 is 9.59 Å². The van der Waals surface area contributed by atoms with Crippen LogP contribution in [0.15, 0.2) is 0 Å². The number of nitrogens with one attached hydrogen (secondary N) is 1. The molecule has 1 aliphatic heterocycles. The summed E-state index contributed by atoms with van der Waals surface area (Å²) in [5.74, 6) is 0.856. The fraction of sp³-hybridized carbons (Fsp3) is 0.846. The molecule has 3 aliphatic rings. The topological polar surface area (TPSA) is 49.4 Å². The Morgan fingerprint density at radius 3 is 2.47 bits per heavy atom. The van der Waals surface area contributed by atoms with E-state index in [1.54, 1.807) is 0 Å². The maximum absolute atomic E-state index is 12.2. The van der Waals surface area contributed by atoms with Gasteiger partial charge in [-0.2, -0.15) is 0 Å². The molecule has 0 aromatic rings. The summed E-state index contributed by atoms with van der Waals surface area (Å²) in [7, 11) is 0. The summed E-state index contributed by atoms with van der Waals surface area (Å²) in [5.41, 5.74) is -0.481. The Bertz CT molecular complexity index is 343. The largest absolute Gasteiger partial charge is 0.345 e. The van der Waals surface area contributed by atoms with Crippen molar-refractivity contribution in [3.8, 4) is 0 Å². The van der Waals surface area contributed by atoms with Gasteiger partial charge in [-0.3, -0.25) is 9.59 Å². The molecule has 0 aromatic heterocycles. The summed E-state index contributed by atoms with van der Waals surface area (Å²) >= 11 is 0. The van der Waals surface area contributed by atoms with Gasteiger partial charge in [0.1, 0.15) is 5.54 Å².